The van der Waals surface area contributed by atoms with Crippen molar-refractivity contribution in [1.82, 2.24) is 0 Å². The van der Waals surface area contributed by atoms with Crippen LogP contribution in [-0.4, -0.2) is 6.04 Å². The van der Waals surface area contributed by atoms with Crippen molar-refractivity contribution in [2.75, 3.05) is 0 Å². The van der Waals surface area contributed by atoms with E-state index in [1.165, 1.54) is 12.2 Å². The van der Waals surface area contributed by atoms with Gasteiger partial charge in [-0.05, 0) is 12.2 Å². The van der Waals surface area contributed by atoms with Crippen molar-refractivity contribution < 1.29 is 0 Å². The Hall–Kier alpha value is -1.25. The lowest BCUT2D eigenvalue weighted by atomic mass is 10.3. The van der Waals surface area contributed by atoms with Gasteiger partial charge in [-0.15, -0.1) is 6.42 Å². The molecule has 0 aliphatic carbocycles. The van der Waals surface area contributed by atoms with Gasteiger partial charge < -0.3 is 5.73 Å². The first-order valence-corrected chi connectivity index (χ1v) is 2.09. The summed E-state index contributed by atoms with van der Waals surface area (Å²) in [6, 6.07) is 1.23. The number of allylic oxidation sites excluding steroid dienone is 1. The predicted molar refractivity (Wildman–Crippen MR) is 31.6 cm³/mol. The molecule has 1 atom stereocenters. The van der Waals surface area contributed by atoms with Gasteiger partial charge in [0.05, 0.1) is 6.07 Å². The number of nitrogens with zero attached hydrogens (tertiary/aromatic N) is 1. The van der Waals surface area contributed by atoms with E-state index < -0.39 is 6.04 Å². The fraction of sp³-hybridized carbons (Fsp3) is 0.167. The van der Waals surface area contributed by atoms with Crippen molar-refractivity contribution in [3.8, 4) is 18.4 Å². The van der Waals surface area contributed by atoms with Gasteiger partial charge in [0.2, 0.25) is 0 Å². The van der Waals surface area contributed by atoms with Gasteiger partial charge in [0.25, 0.3) is 0 Å². The average molecular weight is 106 g/mol. The van der Waals surface area contributed by atoms with Crippen molar-refractivity contribution in [3.05, 3.63) is 12.2 Å². The van der Waals surface area contributed by atoms with Crippen molar-refractivity contribution in [1.29, 1.82) is 5.26 Å². The van der Waals surface area contributed by atoms with Crippen LogP contribution in [0.1, 0.15) is 0 Å². The maximum absolute atomic E-state index is 8.07. The third-order valence-electron chi connectivity index (χ3n) is 0.549. The Bertz CT molecular complexity index is 156. The fourth-order valence-corrected chi connectivity index (χ4v) is 0.202. The van der Waals surface area contributed by atoms with Crippen LogP contribution >= 0.6 is 0 Å². The fourth-order valence-electron chi connectivity index (χ4n) is 0.202. The second-order valence-electron chi connectivity index (χ2n) is 1.18. The molecule has 1 unspecified atom stereocenters. The molecule has 0 fully saturated rings. The van der Waals surface area contributed by atoms with Gasteiger partial charge in [-0.1, -0.05) is 5.92 Å². The van der Waals surface area contributed by atoms with E-state index in [2.05, 4.69) is 5.92 Å². The standard InChI is InChI=1S/C6H6N2/c1-2-3-4-6(8)5-7/h1,3-4,6H,8H2/b4-3+. The summed E-state index contributed by atoms with van der Waals surface area (Å²) >= 11 is 0. The highest BCUT2D eigenvalue weighted by atomic mass is 14.6. The maximum atomic E-state index is 8.07. The minimum atomic E-state index is -0.564. The molecule has 0 rings (SSSR count). The molecule has 0 aliphatic rings. The molecule has 0 amide bonds. The summed E-state index contributed by atoms with van der Waals surface area (Å²) in [5.41, 5.74) is 5.12. The van der Waals surface area contributed by atoms with Crippen LogP contribution in [0.2, 0.25) is 0 Å². The van der Waals surface area contributed by atoms with Gasteiger partial charge in [0, 0.05) is 0 Å². The third-order valence-corrected chi connectivity index (χ3v) is 0.549. The molecule has 0 saturated carbocycles. The molecule has 0 aliphatic heterocycles. The molecule has 0 aromatic rings. The Morgan fingerprint density at radius 3 is 2.75 bits per heavy atom. The summed E-state index contributed by atoms with van der Waals surface area (Å²) in [6.45, 7) is 0. The van der Waals surface area contributed by atoms with Crippen LogP contribution in [0.3, 0.4) is 0 Å². The molecule has 0 aromatic heterocycles. The quantitative estimate of drug-likeness (QED) is 0.479. The minimum Gasteiger partial charge on any atom is -0.313 e. The highest BCUT2D eigenvalue weighted by molar-refractivity contribution is 5.15. The second kappa shape index (κ2) is 3.92. The number of hydrogen-bond acceptors (Lipinski definition) is 2. The molecular weight excluding hydrogens is 100 g/mol. The van der Waals surface area contributed by atoms with Crippen LogP contribution < -0.4 is 5.73 Å². The molecule has 2 N–H and O–H groups in total. The van der Waals surface area contributed by atoms with Gasteiger partial charge >= 0.3 is 0 Å². The first-order valence-electron chi connectivity index (χ1n) is 2.09. The Balaban J connectivity index is 3.61. The van der Waals surface area contributed by atoms with Crippen molar-refractivity contribution in [3.63, 3.8) is 0 Å². The number of nitriles is 1. The summed E-state index contributed by atoms with van der Waals surface area (Å²) < 4.78 is 0. The lowest BCUT2D eigenvalue weighted by Gasteiger charge is -1.84. The van der Waals surface area contributed by atoms with Gasteiger partial charge in [-0.25, -0.2) is 0 Å². The normalized spacial score (nSPS) is 12.4. The van der Waals surface area contributed by atoms with E-state index in [4.69, 9.17) is 17.4 Å². The van der Waals surface area contributed by atoms with Gasteiger partial charge in [-0.2, -0.15) is 5.26 Å². The molecule has 8 heavy (non-hydrogen) atoms. The first-order chi connectivity index (χ1) is 3.81. The highest BCUT2D eigenvalue weighted by Gasteiger charge is 1.86. The molecule has 0 spiro atoms. The maximum Gasteiger partial charge on any atom is 0.112 e. The van der Waals surface area contributed by atoms with Crippen LogP contribution in [0.5, 0.6) is 0 Å². The van der Waals surface area contributed by atoms with Crippen molar-refractivity contribution in [2.45, 2.75) is 6.04 Å². The number of hydrogen-bond donors (Lipinski definition) is 1. The molecule has 0 aromatic carbocycles. The van der Waals surface area contributed by atoms with Gasteiger partial charge in [-0.3, -0.25) is 0 Å². The number of terminal acetylenes is 1. The Labute approximate surface area is 48.6 Å². The lowest BCUT2D eigenvalue weighted by Crippen LogP contribution is -2.12. The zero-order valence-corrected chi connectivity index (χ0v) is 4.33. The largest absolute Gasteiger partial charge is 0.313 e. The second-order valence-corrected chi connectivity index (χ2v) is 1.18. The molecule has 2 nitrogen and oxygen atoms in total. The Kier molecular flexibility index (Phi) is 3.31. The van der Waals surface area contributed by atoms with Crippen LogP contribution in [0, 0.1) is 23.7 Å². The molecule has 40 valence electrons. The van der Waals surface area contributed by atoms with E-state index in [1.54, 1.807) is 6.07 Å². The topological polar surface area (TPSA) is 49.8 Å². The van der Waals surface area contributed by atoms with E-state index in [-0.39, 0.29) is 0 Å². The van der Waals surface area contributed by atoms with E-state index in [0.29, 0.717) is 0 Å². The third kappa shape index (κ3) is 2.96. The highest BCUT2D eigenvalue weighted by Crippen LogP contribution is 1.75. The van der Waals surface area contributed by atoms with Crippen LogP contribution in [-0.2, 0) is 0 Å². The number of rotatable bonds is 1. The van der Waals surface area contributed by atoms with Crippen LogP contribution in [0.15, 0.2) is 12.2 Å². The first kappa shape index (κ1) is 6.75. The molecule has 0 heterocycles. The van der Waals surface area contributed by atoms with E-state index in [1.807, 2.05) is 0 Å². The smallest absolute Gasteiger partial charge is 0.112 e. The summed E-state index contributed by atoms with van der Waals surface area (Å²) in [6.07, 6.45) is 7.70. The van der Waals surface area contributed by atoms with E-state index in [9.17, 15) is 0 Å². The number of nitrogens with two attached hydrogens (primary N) is 1. The van der Waals surface area contributed by atoms with E-state index >= 15 is 0 Å². The van der Waals surface area contributed by atoms with Crippen molar-refractivity contribution in [2.24, 2.45) is 5.73 Å². The van der Waals surface area contributed by atoms with Crippen molar-refractivity contribution >= 4 is 0 Å². The minimum absolute atomic E-state index is 0.564. The van der Waals surface area contributed by atoms with Crippen LogP contribution in [0.25, 0.3) is 0 Å². The van der Waals surface area contributed by atoms with E-state index in [0.717, 1.165) is 0 Å². The molecular formula is C6H6N2. The average Bonchev–Trinajstić information content (AvgIpc) is 1.83. The zero-order valence-electron chi connectivity index (χ0n) is 4.33. The lowest BCUT2D eigenvalue weighted by molar-refractivity contribution is 1.04. The molecule has 0 saturated heterocycles. The van der Waals surface area contributed by atoms with Crippen LogP contribution in [0.4, 0.5) is 0 Å². The summed E-state index contributed by atoms with van der Waals surface area (Å²) in [7, 11) is 0. The molecule has 0 bridgehead atoms. The summed E-state index contributed by atoms with van der Waals surface area (Å²) in [5, 5.41) is 8.07. The molecule has 0 radical (unpaired) electrons. The van der Waals surface area contributed by atoms with Gasteiger partial charge in [0.1, 0.15) is 6.04 Å². The summed E-state index contributed by atoms with van der Waals surface area (Å²) in [4.78, 5) is 0. The SMILES string of the molecule is C#C/C=C/C(N)C#N. The van der Waals surface area contributed by atoms with Gasteiger partial charge in [0.15, 0.2) is 0 Å². The summed E-state index contributed by atoms with van der Waals surface area (Å²) in [5.74, 6) is 2.22. The monoisotopic (exact) mass is 106 g/mol. The Morgan fingerprint density at radius 2 is 2.38 bits per heavy atom. The zero-order chi connectivity index (χ0) is 6.41. The molecule has 2 heteroatoms. The predicted octanol–water partition coefficient (Wildman–Crippen LogP) is 0.0267. The Morgan fingerprint density at radius 1 is 1.75 bits per heavy atom.